The van der Waals surface area contributed by atoms with Crippen LogP contribution in [0, 0.1) is 0 Å². The standard InChI is InChI=1S/C21H27N3O2.ClH/c1-22-19-8-5-13-24(14-19)15-21(25)23-18-9-11-20(12-10-18)26-16-17-6-3-2-4-7-17;/h2-4,6-7,9-12,19,22H,5,8,13-16H2,1H3,(H,23,25);1H. The van der Waals surface area contributed by atoms with Gasteiger partial charge >= 0.3 is 0 Å². The SMILES string of the molecule is CNC1CCCN(CC(=O)Nc2ccc(OCc3ccccc3)cc2)C1.Cl. The molecule has 1 aliphatic heterocycles. The molecule has 0 aromatic heterocycles. The lowest BCUT2D eigenvalue weighted by Gasteiger charge is -2.31. The maximum atomic E-state index is 12.3. The van der Waals surface area contributed by atoms with Crippen LogP contribution < -0.4 is 15.4 Å². The van der Waals surface area contributed by atoms with Gasteiger partial charge in [-0.1, -0.05) is 30.3 Å². The summed E-state index contributed by atoms with van der Waals surface area (Å²) in [5.41, 5.74) is 1.93. The van der Waals surface area contributed by atoms with Gasteiger partial charge in [-0.2, -0.15) is 0 Å². The smallest absolute Gasteiger partial charge is 0.238 e. The van der Waals surface area contributed by atoms with E-state index in [0.29, 0.717) is 19.2 Å². The van der Waals surface area contributed by atoms with E-state index in [2.05, 4.69) is 15.5 Å². The summed E-state index contributed by atoms with van der Waals surface area (Å²) in [5, 5.41) is 6.27. The van der Waals surface area contributed by atoms with Crippen LogP contribution in [-0.2, 0) is 11.4 Å². The molecule has 1 aliphatic rings. The van der Waals surface area contributed by atoms with Crippen LogP contribution in [0.15, 0.2) is 54.6 Å². The van der Waals surface area contributed by atoms with Gasteiger partial charge in [0.15, 0.2) is 0 Å². The molecule has 1 saturated heterocycles. The Labute approximate surface area is 167 Å². The van der Waals surface area contributed by atoms with Crippen molar-refractivity contribution in [3.63, 3.8) is 0 Å². The molecule has 0 spiro atoms. The lowest BCUT2D eigenvalue weighted by atomic mass is 10.1. The van der Waals surface area contributed by atoms with Crippen LogP contribution in [0.3, 0.4) is 0 Å². The Balaban J connectivity index is 0.00000261. The van der Waals surface area contributed by atoms with Crippen molar-refractivity contribution in [2.75, 3.05) is 32.0 Å². The second-order valence-corrected chi connectivity index (χ2v) is 6.71. The number of benzene rings is 2. The number of hydrogen-bond donors (Lipinski definition) is 2. The number of nitrogens with zero attached hydrogens (tertiary/aromatic N) is 1. The van der Waals surface area contributed by atoms with E-state index in [9.17, 15) is 4.79 Å². The van der Waals surface area contributed by atoms with E-state index in [1.165, 1.54) is 6.42 Å². The minimum absolute atomic E-state index is 0. The molecule has 6 heteroatoms. The first-order valence-corrected chi connectivity index (χ1v) is 9.19. The fraction of sp³-hybridized carbons (Fsp3) is 0.381. The van der Waals surface area contributed by atoms with Crippen molar-refractivity contribution in [2.45, 2.75) is 25.5 Å². The Bertz CT molecular complexity index is 694. The highest BCUT2D eigenvalue weighted by atomic mass is 35.5. The van der Waals surface area contributed by atoms with Crippen LogP contribution in [0.2, 0.25) is 0 Å². The van der Waals surface area contributed by atoms with Crippen molar-refractivity contribution in [1.82, 2.24) is 10.2 Å². The maximum absolute atomic E-state index is 12.3. The summed E-state index contributed by atoms with van der Waals surface area (Å²) in [6, 6.07) is 18.1. The van der Waals surface area contributed by atoms with Gasteiger partial charge in [0, 0.05) is 18.3 Å². The molecule has 1 amide bonds. The molecule has 3 rings (SSSR count). The molecule has 0 bridgehead atoms. The van der Waals surface area contributed by atoms with Crippen molar-refractivity contribution >= 4 is 24.0 Å². The molecule has 0 saturated carbocycles. The largest absolute Gasteiger partial charge is 0.489 e. The highest BCUT2D eigenvalue weighted by Gasteiger charge is 2.20. The molecule has 1 unspecified atom stereocenters. The maximum Gasteiger partial charge on any atom is 0.238 e. The van der Waals surface area contributed by atoms with Gasteiger partial charge in [0.05, 0.1) is 6.54 Å². The topological polar surface area (TPSA) is 53.6 Å². The van der Waals surface area contributed by atoms with Crippen LogP contribution >= 0.6 is 12.4 Å². The fourth-order valence-electron chi connectivity index (χ4n) is 3.21. The molecule has 2 aromatic rings. The van der Waals surface area contributed by atoms with Gasteiger partial charge in [-0.05, 0) is 56.3 Å². The molecule has 27 heavy (non-hydrogen) atoms. The first-order chi connectivity index (χ1) is 12.7. The molecule has 1 heterocycles. The highest BCUT2D eigenvalue weighted by Crippen LogP contribution is 2.17. The van der Waals surface area contributed by atoms with Crippen molar-refractivity contribution in [1.29, 1.82) is 0 Å². The summed E-state index contributed by atoms with van der Waals surface area (Å²) in [6.07, 6.45) is 2.31. The molecule has 0 radical (unpaired) electrons. The number of rotatable bonds is 7. The number of amides is 1. The number of likely N-dealkylation sites (N-methyl/N-ethyl adjacent to an activating group) is 1. The molecule has 0 aliphatic carbocycles. The zero-order valence-electron chi connectivity index (χ0n) is 15.7. The molecule has 2 aromatic carbocycles. The summed E-state index contributed by atoms with van der Waals surface area (Å²) >= 11 is 0. The van der Waals surface area contributed by atoms with E-state index in [1.54, 1.807) is 0 Å². The average Bonchev–Trinajstić information content (AvgIpc) is 2.68. The van der Waals surface area contributed by atoms with E-state index in [0.717, 1.165) is 36.5 Å². The van der Waals surface area contributed by atoms with Gasteiger partial charge in [0.1, 0.15) is 12.4 Å². The minimum atomic E-state index is 0. The molecule has 5 nitrogen and oxygen atoms in total. The normalized spacial score (nSPS) is 17.0. The average molecular weight is 390 g/mol. The van der Waals surface area contributed by atoms with Gasteiger partial charge in [-0.25, -0.2) is 0 Å². The summed E-state index contributed by atoms with van der Waals surface area (Å²) < 4.78 is 5.77. The molecular formula is C21H28ClN3O2. The Morgan fingerprint density at radius 2 is 1.89 bits per heavy atom. The zero-order chi connectivity index (χ0) is 18.2. The van der Waals surface area contributed by atoms with Gasteiger partial charge in [0.25, 0.3) is 0 Å². The Kier molecular flexibility index (Phi) is 8.58. The van der Waals surface area contributed by atoms with Crippen LogP contribution in [0.25, 0.3) is 0 Å². The number of carbonyl (C=O) groups excluding carboxylic acids is 1. The number of piperidine rings is 1. The second-order valence-electron chi connectivity index (χ2n) is 6.71. The molecule has 146 valence electrons. The first-order valence-electron chi connectivity index (χ1n) is 9.19. The van der Waals surface area contributed by atoms with Gasteiger partial charge in [0.2, 0.25) is 5.91 Å². The molecule has 1 fully saturated rings. The van der Waals surface area contributed by atoms with Crippen LogP contribution in [0.5, 0.6) is 5.75 Å². The summed E-state index contributed by atoms with van der Waals surface area (Å²) in [6.45, 7) is 2.88. The predicted octanol–water partition coefficient (Wildman–Crippen LogP) is 3.31. The van der Waals surface area contributed by atoms with Crippen molar-refractivity contribution in [3.8, 4) is 5.75 Å². The number of hydrogen-bond acceptors (Lipinski definition) is 4. The third-order valence-electron chi connectivity index (χ3n) is 4.67. The van der Waals surface area contributed by atoms with Crippen LogP contribution in [-0.4, -0.2) is 43.5 Å². The zero-order valence-corrected chi connectivity index (χ0v) is 16.5. The lowest BCUT2D eigenvalue weighted by molar-refractivity contribution is -0.117. The number of ether oxygens (including phenoxy) is 1. The van der Waals surface area contributed by atoms with E-state index in [1.807, 2.05) is 61.6 Å². The molecular weight excluding hydrogens is 362 g/mol. The van der Waals surface area contributed by atoms with Crippen molar-refractivity contribution < 1.29 is 9.53 Å². The van der Waals surface area contributed by atoms with Crippen LogP contribution in [0.4, 0.5) is 5.69 Å². The van der Waals surface area contributed by atoms with Crippen molar-refractivity contribution in [3.05, 3.63) is 60.2 Å². The Morgan fingerprint density at radius 3 is 2.59 bits per heavy atom. The number of carbonyl (C=O) groups is 1. The minimum Gasteiger partial charge on any atom is -0.489 e. The molecule has 2 N–H and O–H groups in total. The number of nitrogens with one attached hydrogen (secondary N) is 2. The van der Waals surface area contributed by atoms with E-state index >= 15 is 0 Å². The van der Waals surface area contributed by atoms with Gasteiger partial charge in [-0.15, -0.1) is 12.4 Å². The predicted molar refractivity (Wildman–Crippen MR) is 112 cm³/mol. The third kappa shape index (κ3) is 6.86. The van der Waals surface area contributed by atoms with E-state index in [-0.39, 0.29) is 18.3 Å². The number of halogens is 1. The van der Waals surface area contributed by atoms with Gasteiger partial charge in [-0.3, -0.25) is 9.69 Å². The first kappa shape index (κ1) is 21.2. The second kappa shape index (κ2) is 10.9. The highest BCUT2D eigenvalue weighted by molar-refractivity contribution is 5.92. The summed E-state index contributed by atoms with van der Waals surface area (Å²) in [5.74, 6) is 0.819. The van der Waals surface area contributed by atoms with Crippen LogP contribution in [0.1, 0.15) is 18.4 Å². The quantitative estimate of drug-likeness (QED) is 0.762. The summed E-state index contributed by atoms with van der Waals surface area (Å²) in [7, 11) is 1.98. The van der Waals surface area contributed by atoms with E-state index < -0.39 is 0 Å². The Hall–Kier alpha value is -2.08. The third-order valence-corrected chi connectivity index (χ3v) is 4.67. The summed E-state index contributed by atoms with van der Waals surface area (Å²) in [4.78, 5) is 14.5. The van der Waals surface area contributed by atoms with Gasteiger partial charge < -0.3 is 15.4 Å². The monoisotopic (exact) mass is 389 g/mol. The molecule has 1 atom stereocenters. The fourth-order valence-corrected chi connectivity index (χ4v) is 3.21. The van der Waals surface area contributed by atoms with E-state index in [4.69, 9.17) is 4.74 Å². The number of anilines is 1. The number of likely N-dealkylation sites (tertiary alicyclic amines) is 1. The lowest BCUT2D eigenvalue weighted by Crippen LogP contribution is -2.46. The Morgan fingerprint density at radius 1 is 1.15 bits per heavy atom. The van der Waals surface area contributed by atoms with Crippen molar-refractivity contribution in [2.24, 2.45) is 0 Å².